The van der Waals surface area contributed by atoms with Crippen LogP contribution in [0.25, 0.3) is 0 Å². The molecule has 74 valence electrons. The highest BCUT2D eigenvalue weighted by molar-refractivity contribution is 5.97. The normalized spacial score (nSPS) is 14.7. The van der Waals surface area contributed by atoms with E-state index in [1.807, 2.05) is 12.2 Å². The summed E-state index contributed by atoms with van der Waals surface area (Å²) in [6, 6.07) is 0. The van der Waals surface area contributed by atoms with Gasteiger partial charge in [-0.05, 0) is 11.6 Å². The van der Waals surface area contributed by atoms with Crippen molar-refractivity contribution in [1.29, 1.82) is 0 Å². The summed E-state index contributed by atoms with van der Waals surface area (Å²) >= 11 is 0. The van der Waals surface area contributed by atoms with Crippen LogP contribution >= 0.6 is 0 Å². The Hall–Kier alpha value is -2.04. The van der Waals surface area contributed by atoms with Gasteiger partial charge in [0.05, 0.1) is 0 Å². The van der Waals surface area contributed by atoms with Gasteiger partial charge in [-0.25, -0.2) is 0 Å². The molecule has 0 bridgehead atoms. The average molecular weight is 192 g/mol. The van der Waals surface area contributed by atoms with Gasteiger partial charge in [0.1, 0.15) is 0 Å². The van der Waals surface area contributed by atoms with Crippen molar-refractivity contribution < 1.29 is 4.79 Å². The van der Waals surface area contributed by atoms with Gasteiger partial charge in [-0.3, -0.25) is 4.79 Å². The zero-order valence-electron chi connectivity index (χ0n) is 7.60. The van der Waals surface area contributed by atoms with Crippen LogP contribution in [0.5, 0.6) is 0 Å². The number of carbonyl (C=O) groups excluding carboxylic acids is 1. The molecule has 0 saturated heterocycles. The van der Waals surface area contributed by atoms with E-state index in [1.54, 1.807) is 12.3 Å². The Morgan fingerprint density at radius 3 is 2.93 bits per heavy atom. The molecule has 5 heteroatoms. The third-order valence-corrected chi connectivity index (χ3v) is 1.47. The minimum absolute atomic E-state index is 0.231. The number of guanidine groups is 1. The standard InChI is InChI=1S/C9H12N4O/c10-9(11)13-8(14)4-3-7-2-1-5-12-6-7/h1-4,6,12H,5H2,(H4,10,11,13,14)/b4-3+. The highest BCUT2D eigenvalue weighted by Crippen LogP contribution is 2.01. The van der Waals surface area contributed by atoms with Crippen LogP contribution in [-0.2, 0) is 4.79 Å². The third kappa shape index (κ3) is 3.57. The molecule has 1 heterocycles. The summed E-state index contributed by atoms with van der Waals surface area (Å²) in [5.74, 6) is -0.698. The SMILES string of the molecule is NC(N)=NC(=O)/C=C/C1=CNCC=C1. The van der Waals surface area contributed by atoms with E-state index < -0.39 is 5.91 Å². The van der Waals surface area contributed by atoms with Gasteiger partial charge in [0.2, 0.25) is 0 Å². The van der Waals surface area contributed by atoms with Crippen LogP contribution in [-0.4, -0.2) is 18.4 Å². The minimum atomic E-state index is -0.468. The second kappa shape index (κ2) is 4.86. The van der Waals surface area contributed by atoms with Crippen molar-refractivity contribution in [2.24, 2.45) is 16.5 Å². The monoisotopic (exact) mass is 192 g/mol. The van der Waals surface area contributed by atoms with Crippen LogP contribution in [0.15, 0.2) is 41.1 Å². The summed E-state index contributed by atoms with van der Waals surface area (Å²) in [4.78, 5) is 14.3. The number of aliphatic imine (C=N–C) groups is 1. The first kappa shape index (κ1) is 10.0. The molecule has 1 aliphatic heterocycles. The van der Waals surface area contributed by atoms with E-state index in [0.29, 0.717) is 0 Å². The first-order valence-corrected chi connectivity index (χ1v) is 4.10. The molecule has 1 rings (SSSR count). The molecule has 0 radical (unpaired) electrons. The number of nitrogens with one attached hydrogen (secondary N) is 1. The van der Waals surface area contributed by atoms with Gasteiger partial charge in [0.15, 0.2) is 5.96 Å². The van der Waals surface area contributed by atoms with Crippen LogP contribution in [0.3, 0.4) is 0 Å². The van der Waals surface area contributed by atoms with E-state index in [1.165, 1.54) is 6.08 Å². The van der Waals surface area contributed by atoms with Crippen LogP contribution < -0.4 is 16.8 Å². The van der Waals surface area contributed by atoms with Crippen molar-refractivity contribution in [3.8, 4) is 0 Å². The van der Waals surface area contributed by atoms with Gasteiger partial charge in [-0.2, -0.15) is 4.99 Å². The number of nitrogens with two attached hydrogens (primary N) is 2. The van der Waals surface area contributed by atoms with Gasteiger partial charge >= 0.3 is 0 Å². The molecule has 0 aromatic heterocycles. The summed E-state index contributed by atoms with van der Waals surface area (Å²) in [6.07, 6.45) is 8.60. The van der Waals surface area contributed by atoms with E-state index in [-0.39, 0.29) is 5.96 Å². The van der Waals surface area contributed by atoms with Gasteiger partial charge < -0.3 is 16.8 Å². The van der Waals surface area contributed by atoms with Crippen LogP contribution in [0.4, 0.5) is 0 Å². The molecule has 0 aromatic carbocycles. The fraction of sp³-hybridized carbons (Fsp3) is 0.111. The molecule has 0 fully saturated rings. The lowest BCUT2D eigenvalue weighted by Crippen LogP contribution is -2.23. The maximum atomic E-state index is 11.0. The van der Waals surface area contributed by atoms with Crippen LogP contribution in [0.1, 0.15) is 0 Å². The molecule has 5 N–H and O–H groups in total. The number of hydrogen-bond donors (Lipinski definition) is 3. The Labute approximate surface area is 81.9 Å². The van der Waals surface area contributed by atoms with E-state index in [2.05, 4.69) is 10.3 Å². The zero-order valence-corrected chi connectivity index (χ0v) is 7.60. The zero-order chi connectivity index (χ0) is 10.4. The lowest BCUT2D eigenvalue weighted by molar-refractivity contribution is -0.113. The van der Waals surface area contributed by atoms with E-state index >= 15 is 0 Å². The number of rotatable bonds is 2. The van der Waals surface area contributed by atoms with Gasteiger partial charge in [-0.15, -0.1) is 0 Å². The molecule has 0 unspecified atom stereocenters. The number of allylic oxidation sites excluding steroid dienone is 3. The smallest absolute Gasteiger partial charge is 0.272 e. The van der Waals surface area contributed by atoms with Crippen molar-refractivity contribution in [3.63, 3.8) is 0 Å². The number of carbonyl (C=O) groups is 1. The lowest BCUT2D eigenvalue weighted by atomic mass is 10.2. The Morgan fingerprint density at radius 2 is 2.36 bits per heavy atom. The highest BCUT2D eigenvalue weighted by atomic mass is 16.1. The molecular weight excluding hydrogens is 180 g/mol. The lowest BCUT2D eigenvalue weighted by Gasteiger charge is -2.02. The van der Waals surface area contributed by atoms with Crippen LogP contribution in [0, 0.1) is 0 Å². The molecule has 0 saturated carbocycles. The van der Waals surface area contributed by atoms with Gasteiger partial charge in [0.25, 0.3) is 5.91 Å². The second-order valence-corrected chi connectivity index (χ2v) is 2.66. The number of nitrogens with zero attached hydrogens (tertiary/aromatic N) is 1. The summed E-state index contributed by atoms with van der Waals surface area (Å²) in [6.45, 7) is 0.805. The van der Waals surface area contributed by atoms with E-state index in [9.17, 15) is 4.79 Å². The second-order valence-electron chi connectivity index (χ2n) is 2.66. The van der Waals surface area contributed by atoms with Crippen molar-refractivity contribution in [3.05, 3.63) is 36.1 Å². The summed E-state index contributed by atoms with van der Waals surface area (Å²) in [5.41, 5.74) is 11.0. The predicted molar refractivity (Wildman–Crippen MR) is 55.2 cm³/mol. The summed E-state index contributed by atoms with van der Waals surface area (Å²) in [7, 11) is 0. The highest BCUT2D eigenvalue weighted by Gasteiger charge is 1.94. The maximum absolute atomic E-state index is 11.0. The Morgan fingerprint density at radius 1 is 1.57 bits per heavy atom. The Bertz CT molecular complexity index is 335. The van der Waals surface area contributed by atoms with E-state index in [4.69, 9.17) is 11.5 Å². The first-order valence-electron chi connectivity index (χ1n) is 4.10. The van der Waals surface area contributed by atoms with Gasteiger partial charge in [-0.1, -0.05) is 12.2 Å². The molecule has 0 aromatic rings. The fourth-order valence-electron chi connectivity index (χ4n) is 0.924. The van der Waals surface area contributed by atoms with Gasteiger partial charge in [0, 0.05) is 18.8 Å². The molecule has 0 spiro atoms. The fourth-order valence-corrected chi connectivity index (χ4v) is 0.924. The molecule has 0 atom stereocenters. The quantitative estimate of drug-likeness (QED) is 0.309. The molecular formula is C9H12N4O. The van der Waals surface area contributed by atoms with Crippen LogP contribution in [0.2, 0.25) is 0 Å². The number of hydrogen-bond acceptors (Lipinski definition) is 2. The molecule has 0 aliphatic carbocycles. The van der Waals surface area contributed by atoms with E-state index in [0.717, 1.165) is 12.1 Å². The Kier molecular flexibility index (Phi) is 3.49. The minimum Gasteiger partial charge on any atom is -0.387 e. The topological polar surface area (TPSA) is 93.5 Å². The molecule has 14 heavy (non-hydrogen) atoms. The van der Waals surface area contributed by atoms with Crippen molar-refractivity contribution in [2.75, 3.05) is 6.54 Å². The molecule has 5 nitrogen and oxygen atoms in total. The summed E-state index contributed by atoms with van der Waals surface area (Å²) in [5, 5.41) is 3.00. The number of amides is 1. The molecule has 1 amide bonds. The predicted octanol–water partition coefficient (Wildman–Crippen LogP) is -0.614. The van der Waals surface area contributed by atoms with Crippen molar-refractivity contribution in [1.82, 2.24) is 5.32 Å². The summed E-state index contributed by atoms with van der Waals surface area (Å²) < 4.78 is 0. The Balaban J connectivity index is 2.55. The first-order chi connectivity index (χ1) is 6.68. The third-order valence-electron chi connectivity index (χ3n) is 1.47. The molecule has 1 aliphatic rings. The largest absolute Gasteiger partial charge is 0.387 e. The van der Waals surface area contributed by atoms with Crippen molar-refractivity contribution >= 4 is 11.9 Å². The maximum Gasteiger partial charge on any atom is 0.272 e. The average Bonchev–Trinajstić information content (AvgIpc) is 2.15. The van der Waals surface area contributed by atoms with Crippen molar-refractivity contribution in [2.45, 2.75) is 0 Å². The number of dihydropyridines is 1.